The molecule has 0 heterocycles. The van der Waals surface area contributed by atoms with Gasteiger partial charge in [0.2, 0.25) is 0 Å². The Balaban J connectivity index is 2.18. The second-order valence-corrected chi connectivity index (χ2v) is 6.24. The number of aryl methyl sites for hydroxylation is 1. The molecule has 1 aromatic rings. The highest BCUT2D eigenvalue weighted by atomic mass is 31.2. The first-order valence-corrected chi connectivity index (χ1v) is 8.38. The number of ketones is 1. The number of hydrogen-bond acceptors (Lipinski definition) is 4. The van der Waals surface area contributed by atoms with Gasteiger partial charge in [-0.3, -0.25) is 4.79 Å². The molecule has 0 spiro atoms. The van der Waals surface area contributed by atoms with Crippen molar-refractivity contribution in [2.75, 3.05) is 0 Å². The molecule has 7 nitrogen and oxygen atoms in total. The predicted octanol–water partition coefficient (Wildman–Crippen LogP) is 2.20. The van der Waals surface area contributed by atoms with Gasteiger partial charge >= 0.3 is 7.75 Å². The van der Waals surface area contributed by atoms with Gasteiger partial charge in [0.05, 0.1) is 11.3 Å². The van der Waals surface area contributed by atoms with Crippen LogP contribution in [0.4, 0.5) is 0 Å². The number of phenols is 1. The molecular weight excluding hydrogens is 321 g/mol. The van der Waals surface area contributed by atoms with E-state index in [-0.39, 0.29) is 35.6 Å². The number of phenolic OH excluding ortho intramolecular Hbond substituents is 1. The van der Waals surface area contributed by atoms with Crippen LogP contribution in [-0.4, -0.2) is 31.5 Å². The average molecular weight is 337 g/mol. The zero-order valence-corrected chi connectivity index (χ0v) is 13.0. The van der Waals surface area contributed by atoms with Crippen molar-refractivity contribution in [2.24, 2.45) is 4.76 Å². The first-order valence-electron chi connectivity index (χ1n) is 6.82. The molecule has 122 valence electrons. The molecule has 0 aliphatic heterocycles. The van der Waals surface area contributed by atoms with Gasteiger partial charge < -0.3 is 20.0 Å². The zero-order chi connectivity index (χ0) is 17.0. The van der Waals surface area contributed by atoms with Crippen LogP contribution in [0.3, 0.4) is 0 Å². The van der Waals surface area contributed by atoms with E-state index in [1.54, 1.807) is 12.1 Å². The molecular formula is C15H16NO6P. The molecule has 0 saturated carbocycles. The van der Waals surface area contributed by atoms with Gasteiger partial charge in [-0.05, 0) is 30.2 Å². The molecule has 0 atom stereocenters. The third-order valence-corrected chi connectivity index (χ3v) is 3.74. The number of aromatic hydroxyl groups is 1. The molecule has 0 radical (unpaired) electrons. The number of aliphatic hydroxyl groups excluding tert-OH is 1. The number of rotatable bonds is 5. The Kier molecular flexibility index (Phi) is 5.15. The Morgan fingerprint density at radius 2 is 1.83 bits per heavy atom. The summed E-state index contributed by atoms with van der Waals surface area (Å²) in [5.74, 6) is -0.680. The lowest BCUT2D eigenvalue weighted by atomic mass is 9.94. The van der Waals surface area contributed by atoms with Crippen molar-refractivity contribution < 1.29 is 29.4 Å². The molecule has 1 aliphatic rings. The van der Waals surface area contributed by atoms with E-state index in [1.807, 2.05) is 0 Å². The summed E-state index contributed by atoms with van der Waals surface area (Å²) in [5, 5.41) is 19.1. The van der Waals surface area contributed by atoms with E-state index in [0.29, 0.717) is 6.42 Å². The van der Waals surface area contributed by atoms with Gasteiger partial charge in [-0.25, -0.2) is 4.57 Å². The van der Waals surface area contributed by atoms with Gasteiger partial charge in [0, 0.05) is 12.8 Å². The summed E-state index contributed by atoms with van der Waals surface area (Å²) in [4.78, 5) is 30.2. The Hall–Kier alpha value is -2.21. The lowest BCUT2D eigenvalue weighted by Gasteiger charge is -2.14. The van der Waals surface area contributed by atoms with Gasteiger partial charge in [-0.1, -0.05) is 18.2 Å². The van der Waals surface area contributed by atoms with Crippen LogP contribution in [0, 0.1) is 0 Å². The van der Waals surface area contributed by atoms with E-state index in [1.165, 1.54) is 24.3 Å². The van der Waals surface area contributed by atoms with E-state index in [2.05, 4.69) is 4.76 Å². The van der Waals surface area contributed by atoms with E-state index in [0.717, 1.165) is 5.56 Å². The van der Waals surface area contributed by atoms with Crippen molar-refractivity contribution in [3.63, 3.8) is 0 Å². The highest BCUT2D eigenvalue weighted by molar-refractivity contribution is 7.50. The number of carbonyl (C=O) groups excluding carboxylic acids is 1. The maximum absolute atomic E-state index is 12.3. The standard InChI is InChI=1S/C15H16NO6P/c17-11-7-4-10(5-8-11)6-9-14(19)15-12(16-23(20,21)22)2-1-3-13(15)18/h1,3-5,7-8,17-18H,2,6,9H2,(H2,20,21,22). The molecule has 0 saturated heterocycles. The minimum atomic E-state index is -4.69. The summed E-state index contributed by atoms with van der Waals surface area (Å²) in [6.07, 6.45) is 3.25. The predicted molar refractivity (Wildman–Crippen MR) is 84.3 cm³/mol. The third-order valence-electron chi connectivity index (χ3n) is 3.24. The number of nitrogens with zero attached hydrogens (tertiary/aromatic N) is 1. The number of aliphatic hydroxyl groups is 1. The highest BCUT2D eigenvalue weighted by Crippen LogP contribution is 2.38. The molecule has 8 heteroatoms. The van der Waals surface area contributed by atoms with Crippen molar-refractivity contribution in [2.45, 2.75) is 19.3 Å². The van der Waals surface area contributed by atoms with Crippen molar-refractivity contribution >= 4 is 19.2 Å². The molecule has 0 amide bonds. The molecule has 1 aromatic carbocycles. The first-order chi connectivity index (χ1) is 10.8. The Morgan fingerprint density at radius 1 is 1.17 bits per heavy atom. The molecule has 0 unspecified atom stereocenters. The van der Waals surface area contributed by atoms with Crippen LogP contribution in [0.2, 0.25) is 0 Å². The van der Waals surface area contributed by atoms with Crippen LogP contribution in [0.25, 0.3) is 0 Å². The van der Waals surface area contributed by atoms with Crippen molar-refractivity contribution in [1.82, 2.24) is 0 Å². The molecule has 1 aliphatic carbocycles. The van der Waals surface area contributed by atoms with E-state index < -0.39 is 13.5 Å². The molecule has 0 fully saturated rings. The third kappa shape index (κ3) is 4.89. The summed E-state index contributed by atoms with van der Waals surface area (Å²) in [6, 6.07) is 6.34. The first kappa shape index (κ1) is 17.1. The quantitative estimate of drug-likeness (QED) is 0.610. The highest BCUT2D eigenvalue weighted by Gasteiger charge is 2.25. The summed E-state index contributed by atoms with van der Waals surface area (Å²) in [6.45, 7) is 0. The second kappa shape index (κ2) is 6.91. The van der Waals surface area contributed by atoms with Crippen LogP contribution < -0.4 is 0 Å². The monoisotopic (exact) mass is 337 g/mol. The largest absolute Gasteiger partial charge is 0.508 e. The summed E-state index contributed by atoms with van der Waals surface area (Å²) in [7, 11) is -4.69. The van der Waals surface area contributed by atoms with E-state index in [4.69, 9.17) is 9.79 Å². The van der Waals surface area contributed by atoms with Gasteiger partial charge in [0.15, 0.2) is 5.78 Å². The fraction of sp³-hybridized carbons (Fsp3) is 0.200. The minimum Gasteiger partial charge on any atom is -0.508 e. The number of benzene rings is 1. The average Bonchev–Trinajstić information content (AvgIpc) is 2.45. The minimum absolute atomic E-state index is 0.0399. The van der Waals surface area contributed by atoms with Gasteiger partial charge in [-0.2, -0.15) is 4.76 Å². The Bertz CT molecular complexity index is 742. The number of carbonyl (C=O) groups is 1. The number of allylic oxidation sites excluding steroid dienone is 3. The lowest BCUT2D eigenvalue weighted by Crippen LogP contribution is -2.18. The van der Waals surface area contributed by atoms with Crippen LogP contribution in [0.5, 0.6) is 5.75 Å². The molecule has 0 aromatic heterocycles. The van der Waals surface area contributed by atoms with E-state index in [9.17, 15) is 19.6 Å². The molecule has 4 N–H and O–H groups in total. The topological polar surface area (TPSA) is 127 Å². The normalized spacial score (nSPS) is 16.9. The maximum atomic E-state index is 12.3. The van der Waals surface area contributed by atoms with Crippen LogP contribution in [0.1, 0.15) is 18.4 Å². The Labute approximate surface area is 132 Å². The zero-order valence-electron chi connectivity index (χ0n) is 12.1. The molecule has 2 rings (SSSR count). The summed E-state index contributed by atoms with van der Waals surface area (Å²) < 4.78 is 14.3. The Morgan fingerprint density at radius 3 is 2.43 bits per heavy atom. The number of Topliss-reactive ketones (excluding diaryl/α,β-unsaturated/α-hetero) is 1. The van der Waals surface area contributed by atoms with Gasteiger partial charge in [-0.15, -0.1) is 0 Å². The van der Waals surface area contributed by atoms with Crippen molar-refractivity contribution in [3.8, 4) is 5.75 Å². The summed E-state index contributed by atoms with van der Waals surface area (Å²) >= 11 is 0. The molecule has 0 bridgehead atoms. The molecule has 23 heavy (non-hydrogen) atoms. The van der Waals surface area contributed by atoms with Gasteiger partial charge in [0.1, 0.15) is 11.5 Å². The summed E-state index contributed by atoms with van der Waals surface area (Å²) in [5.41, 5.74) is 0.541. The fourth-order valence-corrected chi connectivity index (χ4v) is 2.71. The maximum Gasteiger partial charge on any atom is 0.448 e. The second-order valence-electron chi connectivity index (χ2n) is 5.02. The number of hydrogen-bond donors (Lipinski definition) is 4. The van der Waals surface area contributed by atoms with Crippen LogP contribution >= 0.6 is 7.75 Å². The lowest BCUT2D eigenvalue weighted by molar-refractivity contribution is -0.115. The smallest absolute Gasteiger partial charge is 0.448 e. The van der Waals surface area contributed by atoms with Gasteiger partial charge in [0.25, 0.3) is 0 Å². The van der Waals surface area contributed by atoms with Crippen molar-refractivity contribution in [1.29, 1.82) is 0 Å². The van der Waals surface area contributed by atoms with Crippen LogP contribution in [0.15, 0.2) is 52.5 Å². The van der Waals surface area contributed by atoms with Crippen LogP contribution in [-0.2, 0) is 15.8 Å². The van der Waals surface area contributed by atoms with Crippen molar-refractivity contribution in [3.05, 3.63) is 53.3 Å². The van der Waals surface area contributed by atoms with E-state index >= 15 is 0 Å². The SMILES string of the molecule is O=C(CCc1ccc(O)cc1)C1=C(O)C=CCC1=NP(=O)(O)O. The fourth-order valence-electron chi connectivity index (χ4n) is 2.21.